The molecule has 0 aliphatic rings. The number of allylic oxidation sites excluding steroid dienone is 6. The number of aliphatic hydroxyl groups excluding tert-OH is 2. The maximum absolute atomic E-state index is 12.4. The van der Waals surface area contributed by atoms with Gasteiger partial charge in [0, 0.05) is 12.8 Å². The van der Waals surface area contributed by atoms with Crippen molar-refractivity contribution in [2.45, 2.75) is 264 Å². The molecule has 0 aliphatic heterocycles. The number of carbonyl (C=O) groups is 2. The van der Waals surface area contributed by atoms with Gasteiger partial charge in [0.2, 0.25) is 5.91 Å². The summed E-state index contributed by atoms with van der Waals surface area (Å²) >= 11 is 0. The summed E-state index contributed by atoms with van der Waals surface area (Å²) in [6.07, 6.45) is 55.4. The van der Waals surface area contributed by atoms with Gasteiger partial charge >= 0.3 is 5.97 Å². The van der Waals surface area contributed by atoms with E-state index in [9.17, 15) is 19.8 Å². The second-order valence-corrected chi connectivity index (χ2v) is 16.8. The van der Waals surface area contributed by atoms with Crippen LogP contribution in [-0.2, 0) is 14.3 Å². The number of nitrogens with one attached hydrogen (secondary N) is 1. The molecule has 2 unspecified atom stereocenters. The van der Waals surface area contributed by atoms with Crippen molar-refractivity contribution in [3.63, 3.8) is 0 Å². The first-order valence-corrected chi connectivity index (χ1v) is 24.7. The van der Waals surface area contributed by atoms with E-state index in [-0.39, 0.29) is 18.5 Å². The van der Waals surface area contributed by atoms with Crippen molar-refractivity contribution in [1.29, 1.82) is 0 Å². The van der Waals surface area contributed by atoms with Crippen molar-refractivity contribution in [3.05, 3.63) is 36.5 Å². The van der Waals surface area contributed by atoms with E-state index in [0.717, 1.165) is 70.6 Å². The van der Waals surface area contributed by atoms with Gasteiger partial charge < -0.3 is 20.3 Å². The van der Waals surface area contributed by atoms with Gasteiger partial charge in [0.1, 0.15) is 0 Å². The molecule has 0 fully saturated rings. The topological polar surface area (TPSA) is 95.9 Å². The maximum Gasteiger partial charge on any atom is 0.305 e. The van der Waals surface area contributed by atoms with Gasteiger partial charge in [-0.3, -0.25) is 9.59 Å². The van der Waals surface area contributed by atoms with Crippen LogP contribution in [0.5, 0.6) is 0 Å². The van der Waals surface area contributed by atoms with Crippen molar-refractivity contribution in [3.8, 4) is 0 Å². The van der Waals surface area contributed by atoms with Gasteiger partial charge in [-0.25, -0.2) is 0 Å². The molecule has 0 saturated heterocycles. The van der Waals surface area contributed by atoms with E-state index in [0.29, 0.717) is 25.9 Å². The second kappa shape index (κ2) is 46.8. The Morgan fingerprint density at radius 1 is 0.491 bits per heavy atom. The Kier molecular flexibility index (Phi) is 45.2. The first kappa shape index (κ1) is 55.1. The molecule has 0 aliphatic carbocycles. The summed E-state index contributed by atoms with van der Waals surface area (Å²) in [4.78, 5) is 24.4. The molecule has 0 aromatic heterocycles. The third-order valence-corrected chi connectivity index (χ3v) is 11.2. The van der Waals surface area contributed by atoms with Crippen molar-refractivity contribution in [2.24, 2.45) is 0 Å². The van der Waals surface area contributed by atoms with Gasteiger partial charge in [0.25, 0.3) is 0 Å². The lowest BCUT2D eigenvalue weighted by Gasteiger charge is -2.22. The number of ether oxygens (including phenoxy) is 1. The van der Waals surface area contributed by atoms with Crippen LogP contribution in [0.25, 0.3) is 0 Å². The first-order valence-electron chi connectivity index (χ1n) is 24.7. The number of hydrogen-bond acceptors (Lipinski definition) is 5. The summed E-state index contributed by atoms with van der Waals surface area (Å²) in [5, 5.41) is 23.1. The van der Waals surface area contributed by atoms with E-state index in [1.54, 1.807) is 0 Å². The third-order valence-electron chi connectivity index (χ3n) is 11.2. The zero-order chi connectivity index (χ0) is 41.5. The van der Waals surface area contributed by atoms with Gasteiger partial charge in [-0.2, -0.15) is 0 Å². The van der Waals surface area contributed by atoms with Crippen LogP contribution in [0.15, 0.2) is 36.5 Å². The molecule has 6 heteroatoms. The highest BCUT2D eigenvalue weighted by atomic mass is 16.5. The molecule has 0 rings (SSSR count). The van der Waals surface area contributed by atoms with Crippen molar-refractivity contribution < 1.29 is 24.5 Å². The largest absolute Gasteiger partial charge is 0.466 e. The van der Waals surface area contributed by atoms with Gasteiger partial charge in [-0.1, -0.05) is 198 Å². The van der Waals surface area contributed by atoms with E-state index in [1.165, 1.54) is 148 Å². The lowest BCUT2D eigenvalue weighted by atomic mass is 10.0. The quantitative estimate of drug-likeness (QED) is 0.0324. The van der Waals surface area contributed by atoms with E-state index < -0.39 is 12.1 Å². The van der Waals surface area contributed by atoms with Crippen LogP contribution >= 0.6 is 0 Å². The van der Waals surface area contributed by atoms with E-state index in [2.05, 4.69) is 55.6 Å². The minimum absolute atomic E-state index is 0.0184. The predicted molar refractivity (Wildman–Crippen MR) is 246 cm³/mol. The molecular weight excluding hydrogens is 707 g/mol. The SMILES string of the molecule is CCCC/C=C\C/C=C\CCCCCCCC(=O)OCCCCCCCCC/C=C\CCCCCCCC(=O)NC(CO)C(O)CCCCCCCCCCCC. The summed E-state index contributed by atoms with van der Waals surface area (Å²) in [6, 6.07) is -0.552. The zero-order valence-corrected chi connectivity index (χ0v) is 37.8. The van der Waals surface area contributed by atoms with Gasteiger partial charge in [0.05, 0.1) is 25.4 Å². The minimum atomic E-state index is -0.673. The summed E-state index contributed by atoms with van der Waals surface area (Å²) < 4.78 is 5.45. The Balaban J connectivity index is 3.47. The summed E-state index contributed by atoms with van der Waals surface area (Å²) in [6.45, 7) is 4.85. The number of amides is 1. The minimum Gasteiger partial charge on any atom is -0.466 e. The molecule has 0 heterocycles. The highest BCUT2D eigenvalue weighted by Gasteiger charge is 2.20. The Bertz CT molecular complexity index is 931. The number of carbonyl (C=O) groups excluding carboxylic acids is 2. The fourth-order valence-electron chi connectivity index (χ4n) is 7.30. The first-order chi connectivity index (χ1) is 28.0. The van der Waals surface area contributed by atoms with Gasteiger partial charge in [0.15, 0.2) is 0 Å². The highest BCUT2D eigenvalue weighted by molar-refractivity contribution is 5.76. The molecule has 3 N–H and O–H groups in total. The second-order valence-electron chi connectivity index (χ2n) is 16.8. The zero-order valence-electron chi connectivity index (χ0n) is 37.8. The number of hydrogen-bond donors (Lipinski definition) is 3. The third kappa shape index (κ3) is 43.5. The summed E-state index contributed by atoms with van der Waals surface area (Å²) in [5.74, 6) is -0.0739. The molecule has 0 saturated carbocycles. The number of aliphatic hydroxyl groups is 2. The molecule has 1 amide bonds. The van der Waals surface area contributed by atoms with Crippen LogP contribution in [0, 0.1) is 0 Å². The van der Waals surface area contributed by atoms with Crippen molar-refractivity contribution in [1.82, 2.24) is 5.32 Å². The molecule has 0 aromatic carbocycles. The standard InChI is InChI=1S/C51H95NO5/c1-3-5-7-9-11-13-15-16-22-25-29-33-37-41-45-51(56)57-46-42-38-34-30-26-23-20-18-17-19-21-24-28-32-36-40-44-50(55)52-48(47-53)49(54)43-39-35-31-27-14-12-10-8-6-4-2/h9,11,15-17,19,48-49,53-54H,3-8,10,12-14,18,20-47H2,1-2H3,(H,52,55)/b11-9-,16-15-,19-17-. The molecule has 57 heavy (non-hydrogen) atoms. The van der Waals surface area contributed by atoms with Crippen LogP contribution in [0.1, 0.15) is 251 Å². The van der Waals surface area contributed by atoms with Gasteiger partial charge in [-0.05, 0) is 77.0 Å². The molecule has 0 spiro atoms. The van der Waals surface area contributed by atoms with Gasteiger partial charge in [-0.15, -0.1) is 0 Å². The van der Waals surface area contributed by atoms with Crippen LogP contribution in [0.4, 0.5) is 0 Å². The number of rotatable bonds is 45. The predicted octanol–water partition coefficient (Wildman–Crippen LogP) is 14.5. The van der Waals surface area contributed by atoms with Crippen LogP contribution in [0.3, 0.4) is 0 Å². The molecule has 2 atom stereocenters. The Morgan fingerprint density at radius 3 is 1.40 bits per heavy atom. The monoisotopic (exact) mass is 802 g/mol. The van der Waals surface area contributed by atoms with Crippen molar-refractivity contribution >= 4 is 11.9 Å². The summed E-state index contributed by atoms with van der Waals surface area (Å²) in [7, 11) is 0. The maximum atomic E-state index is 12.4. The summed E-state index contributed by atoms with van der Waals surface area (Å²) in [5.41, 5.74) is 0. The Labute approximate surface area is 353 Å². The number of unbranched alkanes of at least 4 members (excludes halogenated alkanes) is 28. The van der Waals surface area contributed by atoms with E-state index in [1.807, 2.05) is 0 Å². The Hall–Kier alpha value is -1.92. The fourth-order valence-corrected chi connectivity index (χ4v) is 7.30. The van der Waals surface area contributed by atoms with Crippen molar-refractivity contribution in [2.75, 3.05) is 13.2 Å². The molecule has 0 aromatic rings. The highest BCUT2D eigenvalue weighted by Crippen LogP contribution is 2.15. The lowest BCUT2D eigenvalue weighted by Crippen LogP contribution is -2.45. The molecule has 0 radical (unpaired) electrons. The van der Waals surface area contributed by atoms with E-state index in [4.69, 9.17) is 4.74 Å². The number of esters is 1. The molecular formula is C51H95NO5. The normalized spacial score (nSPS) is 13.0. The van der Waals surface area contributed by atoms with Crippen LogP contribution < -0.4 is 5.32 Å². The lowest BCUT2D eigenvalue weighted by molar-refractivity contribution is -0.143. The average molecular weight is 802 g/mol. The van der Waals surface area contributed by atoms with Crippen LogP contribution in [0.2, 0.25) is 0 Å². The Morgan fingerprint density at radius 2 is 0.895 bits per heavy atom. The average Bonchev–Trinajstić information content (AvgIpc) is 3.21. The smallest absolute Gasteiger partial charge is 0.305 e. The van der Waals surface area contributed by atoms with E-state index >= 15 is 0 Å². The fraction of sp³-hybridized carbons (Fsp3) is 0.843. The molecule has 0 bridgehead atoms. The molecule has 6 nitrogen and oxygen atoms in total. The van der Waals surface area contributed by atoms with Crippen LogP contribution in [-0.4, -0.2) is 47.4 Å². The molecule has 334 valence electrons.